The van der Waals surface area contributed by atoms with Crippen molar-refractivity contribution >= 4 is 24.4 Å². The zero-order chi connectivity index (χ0) is 19.5. The summed E-state index contributed by atoms with van der Waals surface area (Å²) in [6, 6.07) is 0. The number of allylic oxidation sites excluding steroid dienone is 9. The van der Waals surface area contributed by atoms with Crippen molar-refractivity contribution in [3.63, 3.8) is 0 Å². The van der Waals surface area contributed by atoms with Crippen LogP contribution in [0.15, 0.2) is 60.8 Å². The van der Waals surface area contributed by atoms with Gasteiger partial charge in [0.2, 0.25) is 0 Å². The Bertz CT molecular complexity index is 528. The topological polar surface area (TPSA) is 54.4 Å². The Kier molecular flexibility index (Phi) is 16.7. The van der Waals surface area contributed by atoms with Crippen LogP contribution in [-0.4, -0.2) is 22.1 Å². The van der Waals surface area contributed by atoms with Crippen molar-refractivity contribution in [2.75, 3.05) is 0 Å². The largest absolute Gasteiger partial charge is 0.481 e. The minimum absolute atomic E-state index is 0.0151. The van der Waals surface area contributed by atoms with Gasteiger partial charge in [0, 0.05) is 24.5 Å². The quantitative estimate of drug-likeness (QED) is 0.278. The van der Waals surface area contributed by atoms with Crippen molar-refractivity contribution in [3.8, 4) is 0 Å². The number of Topliss-reactive ketones (excluding diaryl/α,β-unsaturated/α-hetero) is 1. The lowest BCUT2D eigenvalue weighted by molar-refractivity contribution is -0.136. The van der Waals surface area contributed by atoms with Crippen molar-refractivity contribution in [1.29, 1.82) is 0 Å². The first-order valence-corrected chi connectivity index (χ1v) is 9.76. The van der Waals surface area contributed by atoms with Gasteiger partial charge in [-0.1, -0.05) is 67.7 Å². The fraction of sp³-hybridized carbons (Fsp3) is 0.455. The maximum atomic E-state index is 11.7. The lowest BCUT2D eigenvalue weighted by Gasteiger charge is -2.02. The third kappa shape index (κ3) is 18.5. The molecular weight excluding hydrogens is 344 g/mol. The van der Waals surface area contributed by atoms with E-state index >= 15 is 0 Å². The zero-order valence-electron chi connectivity index (χ0n) is 15.7. The fourth-order valence-corrected chi connectivity index (χ4v) is 2.37. The van der Waals surface area contributed by atoms with E-state index in [2.05, 4.69) is 43.9 Å². The van der Waals surface area contributed by atoms with E-state index in [-0.39, 0.29) is 17.5 Å². The van der Waals surface area contributed by atoms with E-state index < -0.39 is 5.97 Å². The van der Waals surface area contributed by atoms with Crippen LogP contribution >= 0.6 is 12.6 Å². The summed E-state index contributed by atoms with van der Waals surface area (Å²) in [5.74, 6) is -0.540. The Hall–Kier alpha value is -1.81. The zero-order valence-corrected chi connectivity index (χ0v) is 16.6. The van der Waals surface area contributed by atoms with Crippen LogP contribution in [0.3, 0.4) is 0 Å². The van der Waals surface area contributed by atoms with Crippen LogP contribution < -0.4 is 0 Å². The Morgan fingerprint density at radius 1 is 0.885 bits per heavy atom. The van der Waals surface area contributed by atoms with Gasteiger partial charge >= 0.3 is 5.97 Å². The van der Waals surface area contributed by atoms with Crippen LogP contribution in [0.25, 0.3) is 0 Å². The van der Waals surface area contributed by atoms with Crippen molar-refractivity contribution in [2.45, 2.75) is 63.5 Å². The minimum Gasteiger partial charge on any atom is -0.481 e. The third-order valence-electron chi connectivity index (χ3n) is 3.38. The molecule has 1 atom stereocenters. The number of carboxylic acid groups (broad SMARTS) is 1. The van der Waals surface area contributed by atoms with E-state index in [1.807, 2.05) is 36.5 Å². The van der Waals surface area contributed by atoms with Gasteiger partial charge in [-0.25, -0.2) is 0 Å². The molecular formula is C22H32O3S. The van der Waals surface area contributed by atoms with Gasteiger partial charge in [0.15, 0.2) is 0 Å². The summed E-state index contributed by atoms with van der Waals surface area (Å²) in [5.41, 5.74) is 0. The highest BCUT2D eigenvalue weighted by molar-refractivity contribution is 7.81. The van der Waals surface area contributed by atoms with Crippen molar-refractivity contribution < 1.29 is 14.7 Å². The SMILES string of the molecule is CC/C=C\CC(=O)C[C@H](S)/C=C\C/C=C\C/C=C\C/C=C\CCC(=O)O. The summed E-state index contributed by atoms with van der Waals surface area (Å²) < 4.78 is 0. The Balaban J connectivity index is 3.74. The van der Waals surface area contributed by atoms with E-state index in [1.165, 1.54) is 0 Å². The van der Waals surface area contributed by atoms with E-state index in [9.17, 15) is 9.59 Å². The molecule has 0 unspecified atom stereocenters. The van der Waals surface area contributed by atoms with Crippen LogP contribution in [0.4, 0.5) is 0 Å². The highest BCUT2D eigenvalue weighted by Gasteiger charge is 2.04. The Labute approximate surface area is 163 Å². The third-order valence-corrected chi connectivity index (χ3v) is 3.74. The molecule has 0 radical (unpaired) electrons. The second kappa shape index (κ2) is 18.0. The highest BCUT2D eigenvalue weighted by atomic mass is 32.1. The molecule has 0 amide bonds. The molecule has 3 nitrogen and oxygen atoms in total. The standard InChI is InChI=1S/C22H32O3S/c1-2-3-13-16-20(23)19-21(26)17-14-11-9-7-5-4-6-8-10-12-15-18-22(24)25/h3-4,6-7,9-10,12-14,17,21,26H,2,5,8,11,15-16,18-19H2,1H3,(H,24,25)/b6-4-,9-7-,12-10-,13-3-,17-14-/t21-/m1/s1. The molecule has 0 aliphatic heterocycles. The Morgan fingerprint density at radius 3 is 2.04 bits per heavy atom. The Morgan fingerprint density at radius 2 is 1.46 bits per heavy atom. The number of hydrogen-bond donors (Lipinski definition) is 2. The molecule has 0 spiro atoms. The summed E-state index contributed by atoms with van der Waals surface area (Å²) in [5, 5.41) is 8.49. The molecule has 1 N–H and O–H groups in total. The molecule has 0 aromatic carbocycles. The molecule has 0 heterocycles. The predicted molar refractivity (Wildman–Crippen MR) is 114 cm³/mol. The fourth-order valence-electron chi connectivity index (χ4n) is 2.04. The molecule has 0 aromatic rings. The maximum absolute atomic E-state index is 11.7. The van der Waals surface area contributed by atoms with E-state index in [0.29, 0.717) is 19.3 Å². The minimum atomic E-state index is -0.760. The van der Waals surface area contributed by atoms with E-state index in [1.54, 1.807) is 0 Å². The van der Waals surface area contributed by atoms with Gasteiger partial charge in [-0.05, 0) is 32.1 Å². The van der Waals surface area contributed by atoms with Crippen LogP contribution in [0.2, 0.25) is 0 Å². The first-order valence-electron chi connectivity index (χ1n) is 9.24. The van der Waals surface area contributed by atoms with Gasteiger partial charge in [-0.3, -0.25) is 9.59 Å². The molecule has 0 rings (SSSR count). The molecule has 26 heavy (non-hydrogen) atoms. The number of carboxylic acids is 1. The van der Waals surface area contributed by atoms with Crippen LogP contribution in [0, 0.1) is 0 Å². The lowest BCUT2D eigenvalue weighted by atomic mass is 10.1. The van der Waals surface area contributed by atoms with Crippen molar-refractivity contribution in [1.82, 2.24) is 0 Å². The number of carbonyl (C=O) groups is 2. The molecule has 0 aromatic heterocycles. The number of hydrogen-bond acceptors (Lipinski definition) is 3. The molecule has 0 fully saturated rings. The average molecular weight is 377 g/mol. The predicted octanol–water partition coefficient (Wildman–Crippen LogP) is 5.86. The van der Waals surface area contributed by atoms with Gasteiger partial charge < -0.3 is 5.11 Å². The molecule has 0 saturated heterocycles. The first-order chi connectivity index (χ1) is 12.6. The second-order valence-electron chi connectivity index (χ2n) is 5.88. The van der Waals surface area contributed by atoms with Crippen molar-refractivity contribution in [3.05, 3.63) is 60.8 Å². The van der Waals surface area contributed by atoms with Gasteiger partial charge in [-0.2, -0.15) is 12.6 Å². The summed E-state index contributed by atoms with van der Waals surface area (Å²) in [6.45, 7) is 2.05. The van der Waals surface area contributed by atoms with Crippen LogP contribution in [0.5, 0.6) is 0 Å². The molecule has 0 bridgehead atoms. The number of carbonyl (C=O) groups excluding carboxylic acids is 1. The van der Waals surface area contributed by atoms with Crippen LogP contribution in [0.1, 0.15) is 58.3 Å². The summed E-state index contributed by atoms with van der Waals surface area (Å²) in [6.07, 6.45) is 25.4. The molecule has 0 aliphatic carbocycles. The molecule has 4 heteroatoms. The monoisotopic (exact) mass is 376 g/mol. The van der Waals surface area contributed by atoms with Gasteiger partial charge in [0.05, 0.1) is 0 Å². The second-order valence-corrected chi connectivity index (χ2v) is 6.54. The van der Waals surface area contributed by atoms with E-state index in [4.69, 9.17) is 5.11 Å². The average Bonchev–Trinajstić information content (AvgIpc) is 2.59. The summed E-state index contributed by atoms with van der Waals surface area (Å²) >= 11 is 4.43. The number of rotatable bonds is 15. The van der Waals surface area contributed by atoms with Crippen molar-refractivity contribution in [2.24, 2.45) is 0 Å². The number of ketones is 1. The first kappa shape index (κ1) is 24.2. The lowest BCUT2D eigenvalue weighted by Crippen LogP contribution is -2.04. The van der Waals surface area contributed by atoms with Crippen LogP contribution in [-0.2, 0) is 9.59 Å². The summed E-state index contributed by atoms with van der Waals surface area (Å²) in [7, 11) is 0. The number of thiol groups is 1. The normalized spacial score (nSPS) is 13.8. The van der Waals surface area contributed by atoms with Gasteiger partial charge in [0.25, 0.3) is 0 Å². The van der Waals surface area contributed by atoms with E-state index in [0.717, 1.165) is 25.7 Å². The summed E-state index contributed by atoms with van der Waals surface area (Å²) in [4.78, 5) is 22.0. The molecule has 0 saturated carbocycles. The number of aliphatic carboxylic acids is 1. The van der Waals surface area contributed by atoms with Gasteiger partial charge in [0.1, 0.15) is 5.78 Å². The molecule has 144 valence electrons. The highest BCUT2D eigenvalue weighted by Crippen LogP contribution is 2.07. The van der Waals surface area contributed by atoms with Gasteiger partial charge in [-0.15, -0.1) is 0 Å². The molecule has 0 aliphatic rings. The maximum Gasteiger partial charge on any atom is 0.303 e. The smallest absolute Gasteiger partial charge is 0.303 e.